The van der Waals surface area contributed by atoms with Crippen LogP contribution in [0.3, 0.4) is 0 Å². The van der Waals surface area contributed by atoms with E-state index in [-0.39, 0.29) is 17.7 Å². The first-order valence-corrected chi connectivity index (χ1v) is 4.13. The van der Waals surface area contributed by atoms with Gasteiger partial charge in [-0.1, -0.05) is 13.8 Å². The van der Waals surface area contributed by atoms with Crippen molar-refractivity contribution in [2.24, 2.45) is 0 Å². The molecule has 3 nitrogen and oxygen atoms in total. The smallest absolute Gasteiger partial charge is 0.251 e. The third-order valence-corrected chi connectivity index (χ3v) is 2.26. The number of hydrogen-bond acceptors (Lipinski definition) is 2. The lowest BCUT2D eigenvalue weighted by molar-refractivity contribution is -0.123. The van der Waals surface area contributed by atoms with E-state index in [0.717, 1.165) is 12.8 Å². The number of rotatable bonds is 2. The largest absolute Gasteiger partial charge is 0.343 e. The third kappa shape index (κ3) is 1.38. The van der Waals surface area contributed by atoms with Crippen LogP contribution < -0.4 is 5.32 Å². The number of carbonyl (C=O) groups excluding carboxylic acids is 1. The van der Waals surface area contributed by atoms with E-state index >= 15 is 0 Å². The van der Waals surface area contributed by atoms with E-state index in [4.69, 9.17) is 4.74 Å². The monoisotopic (exact) mass is 157 g/mol. The molecule has 64 valence electrons. The quantitative estimate of drug-likeness (QED) is 0.650. The normalized spacial score (nSPS) is 28.6. The molecule has 0 unspecified atom stereocenters. The zero-order valence-corrected chi connectivity index (χ0v) is 7.31. The molecule has 1 saturated heterocycles. The molecule has 1 aliphatic rings. The first-order valence-electron chi connectivity index (χ1n) is 4.13. The molecular weight excluding hydrogens is 142 g/mol. The lowest BCUT2D eigenvalue weighted by Gasteiger charge is -2.24. The average molecular weight is 157 g/mol. The summed E-state index contributed by atoms with van der Waals surface area (Å²) in [6.07, 6.45) is 1.38. The SMILES string of the molecule is CCC1(CC)NC(=O)[C@H](C)O1. The molecular formula is C8H15NO2. The number of carbonyl (C=O) groups is 1. The van der Waals surface area contributed by atoms with Crippen LogP contribution in [0.15, 0.2) is 0 Å². The van der Waals surface area contributed by atoms with Crippen molar-refractivity contribution in [3.63, 3.8) is 0 Å². The molecule has 0 aliphatic carbocycles. The van der Waals surface area contributed by atoms with Crippen LogP contribution in [0.1, 0.15) is 33.6 Å². The van der Waals surface area contributed by atoms with Crippen LogP contribution in [0.2, 0.25) is 0 Å². The highest BCUT2D eigenvalue weighted by Gasteiger charge is 2.40. The topological polar surface area (TPSA) is 38.3 Å². The minimum absolute atomic E-state index is 0.00806. The van der Waals surface area contributed by atoms with Crippen LogP contribution in [0.5, 0.6) is 0 Å². The second-order valence-electron chi connectivity index (χ2n) is 2.95. The van der Waals surface area contributed by atoms with Gasteiger partial charge in [-0.3, -0.25) is 4.79 Å². The maximum atomic E-state index is 11.1. The fourth-order valence-corrected chi connectivity index (χ4v) is 1.34. The van der Waals surface area contributed by atoms with Gasteiger partial charge in [-0.25, -0.2) is 0 Å². The minimum Gasteiger partial charge on any atom is -0.343 e. The van der Waals surface area contributed by atoms with Crippen LogP contribution in [-0.4, -0.2) is 17.7 Å². The summed E-state index contributed by atoms with van der Waals surface area (Å²) in [5, 5.41) is 2.86. The van der Waals surface area contributed by atoms with Gasteiger partial charge in [-0.05, 0) is 19.8 Å². The van der Waals surface area contributed by atoms with Crippen molar-refractivity contribution in [1.82, 2.24) is 5.32 Å². The summed E-state index contributed by atoms with van der Waals surface area (Å²) >= 11 is 0. The van der Waals surface area contributed by atoms with Crippen molar-refractivity contribution in [3.05, 3.63) is 0 Å². The van der Waals surface area contributed by atoms with Crippen molar-refractivity contribution < 1.29 is 9.53 Å². The van der Waals surface area contributed by atoms with E-state index in [9.17, 15) is 4.79 Å². The van der Waals surface area contributed by atoms with Crippen LogP contribution in [0, 0.1) is 0 Å². The van der Waals surface area contributed by atoms with Crippen LogP contribution in [0.25, 0.3) is 0 Å². The maximum Gasteiger partial charge on any atom is 0.251 e. The zero-order valence-electron chi connectivity index (χ0n) is 7.31. The molecule has 1 heterocycles. The first-order chi connectivity index (χ1) is 5.13. The van der Waals surface area contributed by atoms with Crippen molar-refractivity contribution >= 4 is 5.91 Å². The van der Waals surface area contributed by atoms with E-state index in [1.54, 1.807) is 6.92 Å². The van der Waals surface area contributed by atoms with Crippen molar-refractivity contribution in [2.45, 2.75) is 45.4 Å². The minimum atomic E-state index is -0.378. The highest BCUT2D eigenvalue weighted by Crippen LogP contribution is 2.24. The summed E-state index contributed by atoms with van der Waals surface area (Å²) in [7, 11) is 0. The Morgan fingerprint density at radius 2 is 2.09 bits per heavy atom. The number of ether oxygens (including phenoxy) is 1. The van der Waals surface area contributed by atoms with Gasteiger partial charge < -0.3 is 10.1 Å². The van der Waals surface area contributed by atoms with Gasteiger partial charge in [0.25, 0.3) is 5.91 Å². The third-order valence-electron chi connectivity index (χ3n) is 2.26. The lowest BCUT2D eigenvalue weighted by atomic mass is 10.1. The number of amides is 1. The molecule has 1 amide bonds. The Bertz CT molecular complexity index is 163. The Kier molecular flexibility index (Phi) is 2.18. The molecule has 0 spiro atoms. The van der Waals surface area contributed by atoms with E-state index in [0.29, 0.717) is 0 Å². The second kappa shape index (κ2) is 2.81. The van der Waals surface area contributed by atoms with Gasteiger partial charge >= 0.3 is 0 Å². The van der Waals surface area contributed by atoms with Gasteiger partial charge in [0.05, 0.1) is 0 Å². The van der Waals surface area contributed by atoms with Crippen molar-refractivity contribution in [3.8, 4) is 0 Å². The molecule has 1 N–H and O–H groups in total. The van der Waals surface area contributed by atoms with Gasteiger partial charge in [0.15, 0.2) is 0 Å². The average Bonchev–Trinajstić information content (AvgIpc) is 2.29. The van der Waals surface area contributed by atoms with Crippen LogP contribution in [-0.2, 0) is 9.53 Å². The Labute approximate surface area is 67.1 Å². The molecule has 0 aromatic heterocycles. The Hall–Kier alpha value is -0.570. The molecule has 1 rings (SSSR count). The lowest BCUT2D eigenvalue weighted by Crippen LogP contribution is -2.41. The Morgan fingerprint density at radius 3 is 2.27 bits per heavy atom. The van der Waals surface area contributed by atoms with Crippen LogP contribution >= 0.6 is 0 Å². The van der Waals surface area contributed by atoms with Gasteiger partial charge in [-0.2, -0.15) is 0 Å². The molecule has 1 fully saturated rings. The standard InChI is InChI=1S/C8H15NO2/c1-4-8(5-2)9-7(10)6(3)11-8/h6H,4-5H2,1-3H3,(H,9,10)/t6-/m0/s1. The van der Waals surface area contributed by atoms with Gasteiger partial charge in [0, 0.05) is 0 Å². The molecule has 0 saturated carbocycles. The highest BCUT2D eigenvalue weighted by molar-refractivity contribution is 5.82. The summed E-state index contributed by atoms with van der Waals surface area (Å²) in [5.74, 6) is 0.00806. The highest BCUT2D eigenvalue weighted by atomic mass is 16.5. The second-order valence-corrected chi connectivity index (χ2v) is 2.95. The van der Waals surface area contributed by atoms with Gasteiger partial charge in [0.1, 0.15) is 11.8 Å². The van der Waals surface area contributed by atoms with Crippen molar-refractivity contribution in [2.75, 3.05) is 0 Å². The van der Waals surface area contributed by atoms with E-state index < -0.39 is 0 Å². The molecule has 11 heavy (non-hydrogen) atoms. The molecule has 1 atom stereocenters. The fourth-order valence-electron chi connectivity index (χ4n) is 1.34. The molecule has 0 radical (unpaired) electrons. The first kappa shape index (κ1) is 8.53. The van der Waals surface area contributed by atoms with Crippen molar-refractivity contribution in [1.29, 1.82) is 0 Å². The van der Waals surface area contributed by atoms with E-state index in [2.05, 4.69) is 5.32 Å². The Balaban J connectivity index is 2.68. The zero-order chi connectivity index (χ0) is 8.48. The maximum absolute atomic E-state index is 11.1. The molecule has 0 aromatic carbocycles. The summed E-state index contributed by atoms with van der Waals surface area (Å²) in [5.41, 5.74) is -0.378. The fraction of sp³-hybridized carbons (Fsp3) is 0.875. The summed E-state index contributed by atoms with van der Waals surface area (Å²) in [6.45, 7) is 5.81. The Morgan fingerprint density at radius 1 is 1.55 bits per heavy atom. The van der Waals surface area contributed by atoms with E-state index in [1.165, 1.54) is 0 Å². The predicted octanol–water partition coefficient (Wildman–Crippen LogP) is 1.04. The molecule has 0 aromatic rings. The summed E-state index contributed by atoms with van der Waals surface area (Å²) < 4.78 is 5.50. The van der Waals surface area contributed by atoms with Crippen LogP contribution in [0.4, 0.5) is 0 Å². The number of nitrogens with one attached hydrogen (secondary N) is 1. The summed E-state index contributed by atoms with van der Waals surface area (Å²) in [6, 6.07) is 0. The number of hydrogen-bond donors (Lipinski definition) is 1. The predicted molar refractivity (Wildman–Crippen MR) is 42.0 cm³/mol. The molecule has 0 bridgehead atoms. The summed E-state index contributed by atoms with van der Waals surface area (Å²) in [4.78, 5) is 11.1. The van der Waals surface area contributed by atoms with Gasteiger partial charge in [-0.15, -0.1) is 0 Å². The molecule has 3 heteroatoms. The van der Waals surface area contributed by atoms with Gasteiger partial charge in [0.2, 0.25) is 0 Å². The molecule has 1 aliphatic heterocycles. The van der Waals surface area contributed by atoms with E-state index in [1.807, 2.05) is 13.8 Å².